The molecule has 1 aromatic heterocycles. The van der Waals surface area contributed by atoms with Gasteiger partial charge in [0.25, 0.3) is 0 Å². The fourth-order valence-electron chi connectivity index (χ4n) is 2.52. The van der Waals surface area contributed by atoms with E-state index < -0.39 is 0 Å². The van der Waals surface area contributed by atoms with Gasteiger partial charge in [-0.2, -0.15) is 5.10 Å². The maximum atomic E-state index is 12.2. The zero-order chi connectivity index (χ0) is 17.9. The third-order valence-electron chi connectivity index (χ3n) is 3.72. The van der Waals surface area contributed by atoms with Crippen LogP contribution in [-0.2, 0) is 5.41 Å². The Morgan fingerprint density at radius 2 is 1.92 bits per heavy atom. The van der Waals surface area contributed by atoms with Crippen LogP contribution in [0.4, 0.5) is 10.6 Å². The molecule has 2 rings (SSSR count). The van der Waals surface area contributed by atoms with Gasteiger partial charge in [-0.05, 0) is 26.0 Å². The number of nitrogens with zero attached hydrogens (tertiary/aromatic N) is 2. The van der Waals surface area contributed by atoms with Crippen molar-refractivity contribution in [3.63, 3.8) is 0 Å². The molecule has 2 amide bonds. The number of hydrogen-bond donors (Lipinski definition) is 3. The molecule has 0 bridgehead atoms. The lowest BCUT2D eigenvalue weighted by Crippen LogP contribution is -2.38. The van der Waals surface area contributed by atoms with E-state index in [1.807, 2.05) is 37.3 Å². The van der Waals surface area contributed by atoms with Crippen LogP contribution in [0.25, 0.3) is 5.69 Å². The molecule has 2 aromatic rings. The predicted octanol–water partition coefficient (Wildman–Crippen LogP) is 2.98. The highest BCUT2D eigenvalue weighted by Crippen LogP contribution is 2.31. The Kier molecular flexibility index (Phi) is 5.29. The van der Waals surface area contributed by atoms with Gasteiger partial charge < -0.3 is 10.4 Å². The number of amides is 2. The van der Waals surface area contributed by atoms with E-state index >= 15 is 0 Å². The van der Waals surface area contributed by atoms with Crippen molar-refractivity contribution in [1.29, 1.82) is 0 Å². The molecule has 0 saturated carbocycles. The zero-order valence-electron chi connectivity index (χ0n) is 14.9. The molecule has 130 valence electrons. The van der Waals surface area contributed by atoms with E-state index in [0.717, 1.165) is 16.9 Å². The van der Waals surface area contributed by atoms with Crippen LogP contribution in [0.5, 0.6) is 0 Å². The standard InChI is InChI=1S/C18H26N4O2/c1-12(11-23)19-17(24)20-16-13(2)15(18(3,4)5)21-22(16)14-9-7-6-8-10-14/h6-10,12,23H,11H2,1-5H3,(H2,19,20,24)/t12-/m0/s1. The summed E-state index contributed by atoms with van der Waals surface area (Å²) in [7, 11) is 0. The number of nitrogens with one attached hydrogen (secondary N) is 2. The van der Waals surface area contributed by atoms with Crippen molar-refractivity contribution < 1.29 is 9.90 Å². The quantitative estimate of drug-likeness (QED) is 0.806. The second-order valence-electron chi connectivity index (χ2n) is 7.00. The molecular formula is C18H26N4O2. The number of rotatable bonds is 4. The van der Waals surface area contributed by atoms with Gasteiger partial charge in [-0.3, -0.25) is 5.32 Å². The van der Waals surface area contributed by atoms with E-state index in [1.165, 1.54) is 0 Å². The first-order valence-corrected chi connectivity index (χ1v) is 8.08. The van der Waals surface area contributed by atoms with Gasteiger partial charge >= 0.3 is 6.03 Å². The van der Waals surface area contributed by atoms with Crippen LogP contribution >= 0.6 is 0 Å². The summed E-state index contributed by atoms with van der Waals surface area (Å²) in [6.07, 6.45) is 0. The Morgan fingerprint density at radius 3 is 2.46 bits per heavy atom. The molecule has 0 unspecified atom stereocenters. The molecule has 1 aromatic carbocycles. The van der Waals surface area contributed by atoms with Gasteiger partial charge in [0.1, 0.15) is 5.82 Å². The minimum absolute atomic E-state index is 0.114. The summed E-state index contributed by atoms with van der Waals surface area (Å²) < 4.78 is 1.75. The summed E-state index contributed by atoms with van der Waals surface area (Å²) in [5.41, 5.74) is 2.59. The molecule has 1 atom stereocenters. The van der Waals surface area contributed by atoms with Crippen LogP contribution < -0.4 is 10.6 Å². The average Bonchev–Trinajstić information content (AvgIpc) is 2.85. The van der Waals surface area contributed by atoms with Crippen LogP contribution in [0.1, 0.15) is 39.0 Å². The number of urea groups is 1. The average molecular weight is 330 g/mol. The number of anilines is 1. The number of aromatic nitrogens is 2. The van der Waals surface area contributed by atoms with Crippen molar-refractivity contribution in [2.24, 2.45) is 0 Å². The number of carbonyl (C=O) groups excluding carboxylic acids is 1. The lowest BCUT2D eigenvalue weighted by Gasteiger charge is -2.16. The topological polar surface area (TPSA) is 79.2 Å². The molecule has 3 N–H and O–H groups in total. The summed E-state index contributed by atoms with van der Waals surface area (Å²) in [4.78, 5) is 12.2. The van der Waals surface area contributed by atoms with Crippen LogP contribution in [0.2, 0.25) is 0 Å². The van der Waals surface area contributed by atoms with Crippen LogP contribution in [0, 0.1) is 6.92 Å². The molecule has 0 aliphatic heterocycles. The van der Waals surface area contributed by atoms with Crippen molar-refractivity contribution in [3.05, 3.63) is 41.6 Å². The summed E-state index contributed by atoms with van der Waals surface area (Å²) in [6.45, 7) is 9.86. The Morgan fingerprint density at radius 1 is 1.29 bits per heavy atom. The van der Waals surface area contributed by atoms with Crippen LogP contribution in [0.3, 0.4) is 0 Å². The fourth-order valence-corrected chi connectivity index (χ4v) is 2.52. The zero-order valence-corrected chi connectivity index (χ0v) is 14.9. The Hall–Kier alpha value is -2.34. The summed E-state index contributed by atoms with van der Waals surface area (Å²) in [5.74, 6) is 0.633. The minimum atomic E-state index is -0.364. The summed E-state index contributed by atoms with van der Waals surface area (Å²) >= 11 is 0. The van der Waals surface area contributed by atoms with E-state index in [-0.39, 0.29) is 24.1 Å². The number of carbonyl (C=O) groups is 1. The van der Waals surface area contributed by atoms with Gasteiger partial charge in [0, 0.05) is 11.0 Å². The SMILES string of the molecule is Cc1c(C(C)(C)C)nn(-c2ccccc2)c1NC(=O)N[C@@H](C)CO. The maximum absolute atomic E-state index is 12.2. The van der Waals surface area contributed by atoms with E-state index in [9.17, 15) is 4.79 Å². The van der Waals surface area contributed by atoms with Crippen molar-refractivity contribution in [2.45, 2.75) is 46.1 Å². The van der Waals surface area contributed by atoms with E-state index in [2.05, 4.69) is 31.4 Å². The van der Waals surface area contributed by atoms with Gasteiger partial charge in [-0.1, -0.05) is 39.0 Å². The summed E-state index contributed by atoms with van der Waals surface area (Å²) in [6, 6.07) is 9.00. The first-order valence-electron chi connectivity index (χ1n) is 8.08. The third-order valence-corrected chi connectivity index (χ3v) is 3.72. The van der Waals surface area contributed by atoms with Gasteiger partial charge in [-0.25, -0.2) is 9.48 Å². The maximum Gasteiger partial charge on any atom is 0.320 e. The molecule has 0 aliphatic rings. The fraction of sp³-hybridized carbons (Fsp3) is 0.444. The number of aliphatic hydroxyl groups is 1. The van der Waals surface area contributed by atoms with E-state index in [4.69, 9.17) is 10.2 Å². The number of para-hydroxylation sites is 1. The Bertz CT molecular complexity index is 702. The monoisotopic (exact) mass is 330 g/mol. The van der Waals surface area contributed by atoms with Crippen molar-refractivity contribution in [1.82, 2.24) is 15.1 Å². The van der Waals surface area contributed by atoms with Gasteiger partial charge in [-0.15, -0.1) is 0 Å². The number of aliphatic hydroxyl groups excluding tert-OH is 1. The molecule has 0 aliphatic carbocycles. The van der Waals surface area contributed by atoms with Gasteiger partial charge in [0.15, 0.2) is 0 Å². The van der Waals surface area contributed by atoms with Crippen LogP contribution in [0.15, 0.2) is 30.3 Å². The molecule has 0 spiro atoms. The smallest absolute Gasteiger partial charge is 0.320 e. The number of hydrogen-bond acceptors (Lipinski definition) is 3. The highest BCUT2D eigenvalue weighted by molar-refractivity contribution is 5.89. The van der Waals surface area contributed by atoms with Crippen molar-refractivity contribution in [3.8, 4) is 5.69 Å². The van der Waals surface area contributed by atoms with E-state index in [1.54, 1.807) is 11.6 Å². The second-order valence-corrected chi connectivity index (χ2v) is 7.00. The molecule has 1 heterocycles. The van der Waals surface area contributed by atoms with Crippen molar-refractivity contribution in [2.75, 3.05) is 11.9 Å². The molecule has 0 radical (unpaired) electrons. The van der Waals surface area contributed by atoms with Crippen molar-refractivity contribution >= 4 is 11.8 Å². The Balaban J connectivity index is 2.44. The lowest BCUT2D eigenvalue weighted by atomic mass is 9.90. The minimum Gasteiger partial charge on any atom is -0.394 e. The molecule has 24 heavy (non-hydrogen) atoms. The first kappa shape index (κ1) is 18.0. The molecular weight excluding hydrogens is 304 g/mol. The lowest BCUT2D eigenvalue weighted by molar-refractivity contribution is 0.229. The normalized spacial score (nSPS) is 12.8. The molecule has 0 saturated heterocycles. The highest BCUT2D eigenvalue weighted by Gasteiger charge is 2.26. The largest absolute Gasteiger partial charge is 0.394 e. The highest BCUT2D eigenvalue weighted by atomic mass is 16.3. The van der Waals surface area contributed by atoms with Gasteiger partial charge in [0.05, 0.1) is 24.0 Å². The molecule has 0 fully saturated rings. The first-order chi connectivity index (χ1) is 11.2. The number of benzene rings is 1. The molecule has 6 nitrogen and oxygen atoms in total. The van der Waals surface area contributed by atoms with Gasteiger partial charge in [0.2, 0.25) is 0 Å². The van der Waals surface area contributed by atoms with Crippen LogP contribution in [-0.4, -0.2) is 33.6 Å². The van der Waals surface area contributed by atoms with E-state index in [0.29, 0.717) is 5.82 Å². The third kappa shape index (κ3) is 3.94. The predicted molar refractivity (Wildman–Crippen MR) is 95.7 cm³/mol. The Labute approximate surface area is 142 Å². The second kappa shape index (κ2) is 7.05. The molecule has 6 heteroatoms. The summed E-state index contributed by atoms with van der Waals surface area (Å²) in [5, 5.41) is 19.4.